The number of carbonyl (C=O) groups is 1. The molecule has 134 valence electrons. The van der Waals surface area contributed by atoms with E-state index in [0.29, 0.717) is 5.69 Å². The summed E-state index contributed by atoms with van der Waals surface area (Å²) in [6.45, 7) is 1.73. The summed E-state index contributed by atoms with van der Waals surface area (Å²) in [5, 5.41) is 2.92. The standard InChI is InChI=1S/C18H21IN2O3S/c1-3-17(14-7-5-4-6-8-14)20-18(22)13-21(25(2,23)24)16-11-9-15(19)10-12-16/h4-12,17H,3,13H2,1-2H3,(H,20,22)/t17-/m1/s1. The van der Waals surface area contributed by atoms with Crippen molar-refractivity contribution in [2.24, 2.45) is 0 Å². The molecule has 2 aromatic carbocycles. The Balaban J connectivity index is 2.15. The van der Waals surface area contributed by atoms with Gasteiger partial charge in [-0.05, 0) is 58.8 Å². The van der Waals surface area contributed by atoms with Crippen molar-refractivity contribution >= 4 is 44.2 Å². The summed E-state index contributed by atoms with van der Waals surface area (Å²) in [6, 6.07) is 16.5. The van der Waals surface area contributed by atoms with Crippen LogP contribution in [0.15, 0.2) is 54.6 Å². The highest BCUT2D eigenvalue weighted by Crippen LogP contribution is 2.20. The number of carbonyl (C=O) groups excluding carboxylic acids is 1. The molecule has 0 saturated carbocycles. The SMILES string of the molecule is CC[C@@H](NC(=O)CN(c1ccc(I)cc1)S(C)(=O)=O)c1ccccc1. The second-order valence-corrected chi connectivity index (χ2v) is 8.84. The number of hydrogen-bond donors (Lipinski definition) is 1. The number of anilines is 1. The van der Waals surface area contributed by atoms with Gasteiger partial charge >= 0.3 is 0 Å². The highest BCUT2D eigenvalue weighted by atomic mass is 127. The van der Waals surface area contributed by atoms with Crippen molar-refractivity contribution in [3.63, 3.8) is 0 Å². The Morgan fingerprint density at radius 1 is 1.12 bits per heavy atom. The maximum Gasteiger partial charge on any atom is 0.241 e. The van der Waals surface area contributed by atoms with Gasteiger partial charge in [0.2, 0.25) is 15.9 Å². The van der Waals surface area contributed by atoms with Gasteiger partial charge in [0, 0.05) is 3.57 Å². The number of hydrogen-bond acceptors (Lipinski definition) is 3. The van der Waals surface area contributed by atoms with E-state index < -0.39 is 10.0 Å². The molecule has 0 aliphatic heterocycles. The topological polar surface area (TPSA) is 66.5 Å². The van der Waals surface area contributed by atoms with Gasteiger partial charge in [0.1, 0.15) is 6.54 Å². The van der Waals surface area contributed by atoms with Crippen LogP contribution in [0.25, 0.3) is 0 Å². The van der Waals surface area contributed by atoms with Crippen LogP contribution in [-0.4, -0.2) is 27.1 Å². The molecule has 0 saturated heterocycles. The fourth-order valence-electron chi connectivity index (χ4n) is 2.48. The molecule has 0 heterocycles. The molecule has 1 amide bonds. The summed E-state index contributed by atoms with van der Waals surface area (Å²) >= 11 is 2.15. The number of nitrogens with zero attached hydrogens (tertiary/aromatic N) is 1. The van der Waals surface area contributed by atoms with Crippen molar-refractivity contribution in [3.05, 3.63) is 63.7 Å². The first kappa shape index (κ1) is 19.7. The molecule has 0 unspecified atom stereocenters. The Labute approximate surface area is 162 Å². The van der Waals surface area contributed by atoms with E-state index in [9.17, 15) is 13.2 Å². The van der Waals surface area contributed by atoms with Crippen LogP contribution in [0.1, 0.15) is 24.9 Å². The Bertz CT molecular complexity index is 808. The second-order valence-electron chi connectivity index (χ2n) is 5.69. The van der Waals surface area contributed by atoms with E-state index in [1.165, 1.54) is 0 Å². The summed E-state index contributed by atoms with van der Waals surface area (Å²) in [5.41, 5.74) is 1.48. The molecule has 25 heavy (non-hydrogen) atoms. The fourth-order valence-corrected chi connectivity index (χ4v) is 3.70. The van der Waals surface area contributed by atoms with Crippen LogP contribution >= 0.6 is 22.6 Å². The smallest absolute Gasteiger partial charge is 0.241 e. The van der Waals surface area contributed by atoms with E-state index in [2.05, 4.69) is 27.9 Å². The molecule has 0 aliphatic carbocycles. The zero-order chi connectivity index (χ0) is 18.4. The van der Waals surface area contributed by atoms with Crippen molar-refractivity contribution in [2.45, 2.75) is 19.4 Å². The molecule has 5 nitrogen and oxygen atoms in total. The van der Waals surface area contributed by atoms with Gasteiger partial charge < -0.3 is 5.32 Å². The van der Waals surface area contributed by atoms with Crippen LogP contribution in [-0.2, 0) is 14.8 Å². The zero-order valence-electron chi connectivity index (χ0n) is 14.1. The Kier molecular flexibility index (Phi) is 6.83. The highest BCUT2D eigenvalue weighted by molar-refractivity contribution is 14.1. The third-order valence-electron chi connectivity index (χ3n) is 3.75. The molecule has 0 aliphatic rings. The Morgan fingerprint density at radius 2 is 1.72 bits per heavy atom. The summed E-state index contributed by atoms with van der Waals surface area (Å²) in [6.07, 6.45) is 1.82. The number of halogens is 1. The lowest BCUT2D eigenvalue weighted by atomic mass is 10.0. The average molecular weight is 472 g/mol. The van der Waals surface area contributed by atoms with E-state index in [-0.39, 0.29) is 18.5 Å². The number of sulfonamides is 1. The molecule has 0 fully saturated rings. The minimum atomic E-state index is -3.56. The Hall–Kier alpha value is -1.61. The summed E-state index contributed by atoms with van der Waals surface area (Å²) in [7, 11) is -3.56. The van der Waals surface area contributed by atoms with Gasteiger partial charge in [-0.3, -0.25) is 9.10 Å². The van der Waals surface area contributed by atoms with Gasteiger partial charge in [-0.15, -0.1) is 0 Å². The van der Waals surface area contributed by atoms with Gasteiger partial charge in [0.25, 0.3) is 0 Å². The van der Waals surface area contributed by atoms with Gasteiger partial charge in [-0.2, -0.15) is 0 Å². The first-order chi connectivity index (χ1) is 11.8. The van der Waals surface area contributed by atoms with E-state index in [1.807, 2.05) is 49.4 Å². The van der Waals surface area contributed by atoms with Crippen molar-refractivity contribution in [2.75, 3.05) is 17.1 Å². The maximum atomic E-state index is 12.5. The van der Waals surface area contributed by atoms with Crippen LogP contribution < -0.4 is 9.62 Å². The first-order valence-corrected chi connectivity index (χ1v) is 10.8. The monoisotopic (exact) mass is 472 g/mol. The number of benzene rings is 2. The second kappa shape index (κ2) is 8.66. The van der Waals surface area contributed by atoms with Crippen LogP contribution in [0, 0.1) is 3.57 Å². The lowest BCUT2D eigenvalue weighted by Gasteiger charge is -2.24. The Morgan fingerprint density at radius 3 is 2.24 bits per heavy atom. The fraction of sp³-hybridized carbons (Fsp3) is 0.278. The van der Waals surface area contributed by atoms with E-state index >= 15 is 0 Å². The highest BCUT2D eigenvalue weighted by Gasteiger charge is 2.22. The number of nitrogens with one attached hydrogen (secondary N) is 1. The predicted octanol–water partition coefficient (Wildman–Crippen LogP) is 3.32. The quantitative estimate of drug-likeness (QED) is 0.629. The lowest BCUT2D eigenvalue weighted by molar-refractivity contribution is -0.120. The van der Waals surface area contributed by atoms with Crippen molar-refractivity contribution in [1.82, 2.24) is 5.32 Å². The normalized spacial score (nSPS) is 12.4. The van der Waals surface area contributed by atoms with Crippen molar-refractivity contribution in [1.29, 1.82) is 0 Å². The zero-order valence-corrected chi connectivity index (χ0v) is 17.1. The molecule has 2 rings (SSSR count). The van der Waals surface area contributed by atoms with E-state index in [1.54, 1.807) is 12.1 Å². The number of rotatable bonds is 7. The van der Waals surface area contributed by atoms with Crippen LogP contribution in [0.5, 0.6) is 0 Å². The van der Waals surface area contributed by atoms with Crippen LogP contribution in [0.4, 0.5) is 5.69 Å². The van der Waals surface area contributed by atoms with Gasteiger partial charge in [-0.25, -0.2) is 8.42 Å². The predicted molar refractivity (Wildman–Crippen MR) is 109 cm³/mol. The largest absolute Gasteiger partial charge is 0.348 e. The molecule has 2 aromatic rings. The third-order valence-corrected chi connectivity index (χ3v) is 5.61. The van der Waals surface area contributed by atoms with E-state index in [0.717, 1.165) is 26.1 Å². The third kappa shape index (κ3) is 5.71. The van der Waals surface area contributed by atoms with Crippen LogP contribution in [0.2, 0.25) is 0 Å². The minimum absolute atomic E-state index is 0.146. The summed E-state index contributed by atoms with van der Waals surface area (Å²) in [5.74, 6) is -0.334. The summed E-state index contributed by atoms with van der Waals surface area (Å²) < 4.78 is 26.4. The first-order valence-electron chi connectivity index (χ1n) is 7.89. The average Bonchev–Trinajstić information content (AvgIpc) is 2.58. The van der Waals surface area contributed by atoms with E-state index in [4.69, 9.17) is 0 Å². The number of amides is 1. The van der Waals surface area contributed by atoms with Gasteiger partial charge in [0.15, 0.2) is 0 Å². The summed E-state index contributed by atoms with van der Waals surface area (Å²) in [4.78, 5) is 12.5. The molecular formula is C18H21IN2O3S. The molecule has 1 atom stereocenters. The molecule has 7 heteroatoms. The minimum Gasteiger partial charge on any atom is -0.348 e. The molecule has 1 N–H and O–H groups in total. The van der Waals surface area contributed by atoms with Crippen LogP contribution in [0.3, 0.4) is 0 Å². The van der Waals surface area contributed by atoms with Gasteiger partial charge in [-0.1, -0.05) is 37.3 Å². The molecule has 0 bridgehead atoms. The lowest BCUT2D eigenvalue weighted by Crippen LogP contribution is -2.41. The van der Waals surface area contributed by atoms with Crippen molar-refractivity contribution in [3.8, 4) is 0 Å². The molecule has 0 aromatic heterocycles. The molecule has 0 radical (unpaired) electrons. The van der Waals surface area contributed by atoms with Gasteiger partial charge in [0.05, 0.1) is 18.0 Å². The molecular weight excluding hydrogens is 451 g/mol. The maximum absolute atomic E-state index is 12.5. The molecule has 0 spiro atoms. The van der Waals surface area contributed by atoms with Crippen molar-refractivity contribution < 1.29 is 13.2 Å².